The van der Waals surface area contributed by atoms with E-state index in [9.17, 15) is 4.79 Å². The van der Waals surface area contributed by atoms with Crippen LogP contribution in [0.15, 0.2) is 36.4 Å². The summed E-state index contributed by atoms with van der Waals surface area (Å²) >= 11 is 0. The maximum Gasteiger partial charge on any atom is 0.245 e. The maximum absolute atomic E-state index is 10.4. The summed E-state index contributed by atoms with van der Waals surface area (Å²) in [5.74, 6) is -0.510. The number of benzene rings is 1. The van der Waals surface area contributed by atoms with Gasteiger partial charge in [0.15, 0.2) is 0 Å². The molecule has 0 aliphatic carbocycles. The van der Waals surface area contributed by atoms with Gasteiger partial charge < -0.3 is 5.73 Å². The Hall–Kier alpha value is -1.98. The third-order valence-corrected chi connectivity index (χ3v) is 2.23. The number of nitrogens with one attached hydrogen (secondary N) is 1. The van der Waals surface area contributed by atoms with Gasteiger partial charge in [-0.25, -0.2) is 0 Å². The largest absolute Gasteiger partial charge is 0.368 e. The fourth-order valence-corrected chi connectivity index (χ4v) is 1.45. The van der Waals surface area contributed by atoms with Gasteiger partial charge in [-0.2, -0.15) is 5.48 Å². The average molecular weight is 231 g/mol. The lowest BCUT2D eigenvalue weighted by Crippen LogP contribution is -2.24. The molecule has 3 N–H and O–H groups in total. The number of primary amides is 1. The first kappa shape index (κ1) is 11.5. The Morgan fingerprint density at radius 1 is 1.29 bits per heavy atom. The number of amides is 1. The lowest BCUT2D eigenvalue weighted by molar-refractivity contribution is -0.125. The van der Waals surface area contributed by atoms with E-state index in [1.54, 1.807) is 0 Å². The Bertz CT molecular complexity index is 528. The van der Waals surface area contributed by atoms with Crippen molar-refractivity contribution in [2.24, 2.45) is 5.73 Å². The molecule has 17 heavy (non-hydrogen) atoms. The third-order valence-electron chi connectivity index (χ3n) is 2.23. The molecule has 1 aromatic carbocycles. The summed E-state index contributed by atoms with van der Waals surface area (Å²) < 4.78 is 0. The van der Waals surface area contributed by atoms with E-state index in [1.807, 2.05) is 36.4 Å². The van der Waals surface area contributed by atoms with Crippen LogP contribution in [0, 0.1) is 0 Å². The Balaban J connectivity index is 1.97. The number of aromatic nitrogens is 1. The molecule has 1 amide bonds. The Kier molecular flexibility index (Phi) is 3.64. The summed E-state index contributed by atoms with van der Waals surface area (Å²) in [5.41, 5.74) is 9.33. The van der Waals surface area contributed by atoms with Crippen molar-refractivity contribution >= 4 is 16.8 Å². The summed E-state index contributed by atoms with van der Waals surface area (Å²) in [7, 11) is 0. The van der Waals surface area contributed by atoms with E-state index in [2.05, 4.69) is 10.5 Å². The minimum Gasteiger partial charge on any atom is -0.368 e. The molecule has 5 heteroatoms. The van der Waals surface area contributed by atoms with Crippen molar-refractivity contribution in [2.45, 2.75) is 6.54 Å². The van der Waals surface area contributed by atoms with Gasteiger partial charge in [-0.15, -0.1) is 0 Å². The Morgan fingerprint density at radius 3 is 2.94 bits per heavy atom. The number of hydrogen-bond donors (Lipinski definition) is 2. The van der Waals surface area contributed by atoms with Crippen LogP contribution in [-0.2, 0) is 16.2 Å². The van der Waals surface area contributed by atoms with E-state index in [-0.39, 0.29) is 6.61 Å². The molecule has 1 aromatic heterocycles. The number of rotatable bonds is 5. The van der Waals surface area contributed by atoms with Gasteiger partial charge in [0.05, 0.1) is 17.8 Å². The van der Waals surface area contributed by atoms with Gasteiger partial charge in [-0.05, 0) is 12.1 Å². The van der Waals surface area contributed by atoms with E-state index >= 15 is 0 Å². The highest BCUT2D eigenvalue weighted by atomic mass is 16.6. The summed E-state index contributed by atoms with van der Waals surface area (Å²) in [6, 6.07) is 11.8. The third kappa shape index (κ3) is 3.24. The molecule has 0 fully saturated rings. The van der Waals surface area contributed by atoms with Gasteiger partial charge in [-0.3, -0.25) is 14.6 Å². The van der Waals surface area contributed by atoms with Crippen LogP contribution in [0.4, 0.5) is 0 Å². The minimum absolute atomic E-state index is 0.145. The number of nitrogens with two attached hydrogens (primary N) is 1. The summed E-state index contributed by atoms with van der Waals surface area (Å²) in [6.07, 6.45) is 0. The van der Waals surface area contributed by atoms with Crippen molar-refractivity contribution < 1.29 is 9.63 Å². The van der Waals surface area contributed by atoms with Crippen LogP contribution in [0.2, 0.25) is 0 Å². The van der Waals surface area contributed by atoms with Crippen LogP contribution in [0.25, 0.3) is 10.9 Å². The van der Waals surface area contributed by atoms with Crippen molar-refractivity contribution in [3.05, 3.63) is 42.1 Å². The second kappa shape index (κ2) is 5.38. The predicted octanol–water partition coefficient (Wildman–Crippen LogP) is 0.741. The molecule has 0 saturated heterocycles. The van der Waals surface area contributed by atoms with Crippen LogP contribution in [0.3, 0.4) is 0 Å². The molecule has 2 aromatic rings. The first-order valence-electron chi connectivity index (χ1n) is 5.23. The number of carbonyl (C=O) groups is 1. The standard InChI is InChI=1S/C12H13N3O2/c13-12(16)8-17-14-7-10-6-5-9-3-1-2-4-11(9)15-10/h1-6,14H,7-8H2,(H2,13,16). The second-order valence-corrected chi connectivity index (χ2v) is 3.57. The van der Waals surface area contributed by atoms with Crippen LogP contribution in [0.5, 0.6) is 0 Å². The Labute approximate surface area is 98.5 Å². The van der Waals surface area contributed by atoms with E-state index in [1.165, 1.54) is 0 Å². The topological polar surface area (TPSA) is 77.2 Å². The first-order chi connectivity index (χ1) is 8.25. The molecule has 1 heterocycles. The van der Waals surface area contributed by atoms with E-state index in [0.717, 1.165) is 16.6 Å². The molecular formula is C12H13N3O2. The van der Waals surface area contributed by atoms with Gasteiger partial charge in [-0.1, -0.05) is 24.3 Å². The fraction of sp³-hybridized carbons (Fsp3) is 0.167. The molecule has 0 spiro atoms. The van der Waals surface area contributed by atoms with Gasteiger partial charge in [0.2, 0.25) is 5.91 Å². The molecule has 0 atom stereocenters. The normalized spacial score (nSPS) is 10.6. The minimum atomic E-state index is -0.510. The highest BCUT2D eigenvalue weighted by Gasteiger charge is 1.98. The van der Waals surface area contributed by atoms with E-state index in [4.69, 9.17) is 10.6 Å². The molecule has 0 aliphatic rings. The number of para-hydroxylation sites is 1. The zero-order valence-corrected chi connectivity index (χ0v) is 9.22. The van der Waals surface area contributed by atoms with Gasteiger partial charge in [0.1, 0.15) is 6.61 Å². The van der Waals surface area contributed by atoms with E-state index in [0.29, 0.717) is 6.54 Å². The smallest absolute Gasteiger partial charge is 0.245 e. The Morgan fingerprint density at radius 2 is 2.12 bits per heavy atom. The number of hydrogen-bond acceptors (Lipinski definition) is 4. The van der Waals surface area contributed by atoms with Gasteiger partial charge in [0, 0.05) is 5.39 Å². The zero-order chi connectivity index (χ0) is 12.1. The molecule has 88 valence electrons. The van der Waals surface area contributed by atoms with Crippen molar-refractivity contribution in [1.29, 1.82) is 0 Å². The van der Waals surface area contributed by atoms with Crippen molar-refractivity contribution in [3.63, 3.8) is 0 Å². The second-order valence-electron chi connectivity index (χ2n) is 3.57. The summed E-state index contributed by atoms with van der Waals surface area (Å²) in [5, 5.41) is 1.09. The van der Waals surface area contributed by atoms with Crippen molar-refractivity contribution in [1.82, 2.24) is 10.5 Å². The lowest BCUT2D eigenvalue weighted by atomic mass is 10.2. The average Bonchev–Trinajstić information content (AvgIpc) is 2.34. The molecule has 0 aliphatic heterocycles. The summed E-state index contributed by atoms with van der Waals surface area (Å²) in [4.78, 5) is 19.7. The number of hydroxylamine groups is 1. The fourth-order valence-electron chi connectivity index (χ4n) is 1.45. The highest BCUT2D eigenvalue weighted by molar-refractivity contribution is 5.78. The molecular weight excluding hydrogens is 218 g/mol. The van der Waals surface area contributed by atoms with Crippen molar-refractivity contribution in [2.75, 3.05) is 6.61 Å². The lowest BCUT2D eigenvalue weighted by Gasteiger charge is -2.04. The van der Waals surface area contributed by atoms with Crippen LogP contribution < -0.4 is 11.2 Å². The zero-order valence-electron chi connectivity index (χ0n) is 9.22. The van der Waals surface area contributed by atoms with Crippen molar-refractivity contribution in [3.8, 4) is 0 Å². The SMILES string of the molecule is NC(=O)CONCc1ccc2ccccc2n1. The summed E-state index contributed by atoms with van der Waals surface area (Å²) in [6.45, 7) is 0.283. The number of nitrogens with zero attached hydrogens (tertiary/aromatic N) is 1. The van der Waals surface area contributed by atoms with Crippen LogP contribution in [-0.4, -0.2) is 17.5 Å². The molecule has 0 radical (unpaired) electrons. The van der Waals surface area contributed by atoms with Crippen LogP contribution >= 0.6 is 0 Å². The van der Waals surface area contributed by atoms with Gasteiger partial charge >= 0.3 is 0 Å². The number of carbonyl (C=O) groups excluding carboxylic acids is 1. The molecule has 2 rings (SSSR count). The molecule has 0 saturated carbocycles. The monoisotopic (exact) mass is 231 g/mol. The maximum atomic E-state index is 10.4. The highest BCUT2D eigenvalue weighted by Crippen LogP contribution is 2.11. The van der Waals surface area contributed by atoms with E-state index < -0.39 is 5.91 Å². The number of pyridine rings is 1. The molecule has 0 unspecified atom stereocenters. The quantitative estimate of drug-likeness (QED) is 0.587. The number of fused-ring (bicyclic) bond motifs is 1. The molecule has 5 nitrogen and oxygen atoms in total. The van der Waals surface area contributed by atoms with Gasteiger partial charge in [0.25, 0.3) is 0 Å². The predicted molar refractivity (Wildman–Crippen MR) is 63.7 cm³/mol. The first-order valence-corrected chi connectivity index (χ1v) is 5.23. The van der Waals surface area contributed by atoms with Crippen LogP contribution in [0.1, 0.15) is 5.69 Å². The molecule has 0 bridgehead atoms.